The van der Waals surface area contributed by atoms with Gasteiger partial charge in [0.25, 0.3) is 5.91 Å². The number of halogens is 2. The summed E-state index contributed by atoms with van der Waals surface area (Å²) in [5.74, 6) is -0.509. The minimum absolute atomic E-state index is 0.127. The van der Waals surface area contributed by atoms with Crippen molar-refractivity contribution in [2.45, 2.75) is 0 Å². The summed E-state index contributed by atoms with van der Waals surface area (Å²) >= 11 is 6.07. The van der Waals surface area contributed by atoms with Crippen LogP contribution in [0.3, 0.4) is 0 Å². The van der Waals surface area contributed by atoms with Crippen LogP contribution in [0.15, 0.2) is 54.7 Å². The fourth-order valence-electron chi connectivity index (χ4n) is 2.82. The Morgan fingerprint density at radius 1 is 1.21 bits per heavy atom. The number of nitrogens with zero attached hydrogens (tertiary/aromatic N) is 3. The molecule has 29 heavy (non-hydrogen) atoms. The molecule has 4 aromatic rings. The number of hydrogen-bond acceptors (Lipinski definition) is 4. The van der Waals surface area contributed by atoms with Gasteiger partial charge in [-0.1, -0.05) is 35.3 Å². The second-order valence-corrected chi connectivity index (χ2v) is 6.76. The third-order valence-corrected chi connectivity index (χ3v) is 4.68. The van der Waals surface area contributed by atoms with Gasteiger partial charge in [-0.15, -0.1) is 0 Å². The van der Waals surface area contributed by atoms with Crippen molar-refractivity contribution in [3.05, 3.63) is 71.3 Å². The highest BCUT2D eigenvalue weighted by Gasteiger charge is 2.15. The first kappa shape index (κ1) is 19.0. The van der Waals surface area contributed by atoms with Gasteiger partial charge in [0.15, 0.2) is 0 Å². The second kappa shape index (κ2) is 7.56. The van der Waals surface area contributed by atoms with E-state index < -0.39 is 5.82 Å². The molecule has 1 amide bonds. The van der Waals surface area contributed by atoms with Crippen molar-refractivity contribution in [3.63, 3.8) is 0 Å². The number of carbonyl (C=O) groups excluding carboxylic acids is 1. The summed E-state index contributed by atoms with van der Waals surface area (Å²) in [5, 5.41) is 5.88. The lowest BCUT2D eigenvalue weighted by atomic mass is 9.96. The van der Waals surface area contributed by atoms with Gasteiger partial charge in [0.05, 0.1) is 27.9 Å². The summed E-state index contributed by atoms with van der Waals surface area (Å²) in [6, 6.07) is 12.8. The Labute approximate surface area is 172 Å². The molecule has 0 aliphatic heterocycles. The van der Waals surface area contributed by atoms with Gasteiger partial charge in [-0.25, -0.2) is 14.4 Å². The summed E-state index contributed by atoms with van der Waals surface area (Å²) in [6.07, 6.45) is 1.54. The molecule has 0 aliphatic rings. The summed E-state index contributed by atoms with van der Waals surface area (Å²) in [5.41, 5.74) is 2.73. The highest BCUT2D eigenvalue weighted by Crippen LogP contribution is 2.29. The van der Waals surface area contributed by atoms with E-state index in [1.54, 1.807) is 48.0 Å². The molecule has 0 aliphatic carbocycles. The summed E-state index contributed by atoms with van der Waals surface area (Å²) < 4.78 is 15.8. The van der Waals surface area contributed by atoms with Crippen molar-refractivity contribution in [1.29, 1.82) is 0 Å². The maximum absolute atomic E-state index is 14.1. The average molecular weight is 406 g/mol. The minimum Gasteiger partial charge on any atom is -0.322 e. The van der Waals surface area contributed by atoms with Crippen molar-refractivity contribution in [3.8, 4) is 0 Å². The van der Waals surface area contributed by atoms with E-state index in [9.17, 15) is 9.18 Å². The molecule has 2 radical (unpaired) electrons. The van der Waals surface area contributed by atoms with E-state index >= 15 is 0 Å². The Bertz CT molecular complexity index is 1210. The number of imidazole rings is 1. The number of aromatic nitrogens is 3. The van der Waals surface area contributed by atoms with Crippen molar-refractivity contribution in [1.82, 2.24) is 14.5 Å². The number of hydrogen-bond donors (Lipinski definition) is 2. The molecule has 2 N–H and O–H groups in total. The first-order chi connectivity index (χ1) is 13.9. The Morgan fingerprint density at radius 3 is 2.69 bits per heavy atom. The normalized spacial score (nSPS) is 10.9. The quantitative estimate of drug-likeness (QED) is 0.509. The maximum Gasteiger partial charge on any atom is 0.274 e. The van der Waals surface area contributed by atoms with E-state index in [1.807, 2.05) is 0 Å². The van der Waals surface area contributed by atoms with E-state index in [4.69, 9.17) is 19.4 Å². The fraction of sp³-hybridized carbons (Fsp3) is 0.0500. The third kappa shape index (κ3) is 3.79. The van der Waals surface area contributed by atoms with Gasteiger partial charge in [-0.05, 0) is 30.3 Å². The molecule has 2 aromatic carbocycles. The van der Waals surface area contributed by atoms with Crippen LogP contribution in [0.5, 0.6) is 0 Å². The lowest BCUT2D eigenvalue weighted by Gasteiger charge is -2.08. The molecule has 0 unspecified atom stereocenters. The highest BCUT2D eigenvalue weighted by molar-refractivity contribution is 6.33. The van der Waals surface area contributed by atoms with Crippen LogP contribution in [0, 0.1) is 5.82 Å². The number of carbonyl (C=O) groups is 1. The topological polar surface area (TPSA) is 71.8 Å². The molecule has 4 rings (SSSR count). The highest BCUT2D eigenvalue weighted by atomic mass is 35.5. The molecule has 142 valence electrons. The standard InChI is InChI=1S/C20H14BClFN5O/c1-28-17-10-24-16(19(29)25-12-7-5-11(21)6-8-12)9-15(17)26-20(28)27-18-13(22)3-2-4-14(18)23/h2-10H,1H3,(H,25,29)(H,26,27). The molecule has 6 nitrogen and oxygen atoms in total. The molecule has 0 atom stereocenters. The zero-order chi connectivity index (χ0) is 20.5. The molecule has 0 fully saturated rings. The van der Waals surface area contributed by atoms with Crippen molar-refractivity contribution in [2.24, 2.45) is 7.05 Å². The molecular weight excluding hydrogens is 392 g/mol. The van der Waals surface area contributed by atoms with Gasteiger partial charge in [0.1, 0.15) is 19.4 Å². The zero-order valence-electron chi connectivity index (χ0n) is 15.3. The SMILES string of the molecule is [B]c1ccc(NC(=O)c2cc3nc(Nc4c(F)cccc4Cl)n(C)c3cn2)cc1. The fourth-order valence-corrected chi connectivity index (χ4v) is 3.03. The van der Waals surface area contributed by atoms with Crippen LogP contribution in [0.1, 0.15) is 10.5 Å². The number of aryl methyl sites for hydroxylation is 1. The predicted molar refractivity (Wildman–Crippen MR) is 113 cm³/mol. The molecule has 2 heterocycles. The summed E-state index contributed by atoms with van der Waals surface area (Å²) in [4.78, 5) is 21.1. The van der Waals surface area contributed by atoms with Crippen LogP contribution < -0.4 is 16.1 Å². The van der Waals surface area contributed by atoms with Crippen LogP contribution in [0.2, 0.25) is 5.02 Å². The number of rotatable bonds is 4. The van der Waals surface area contributed by atoms with Gasteiger partial charge in [0.2, 0.25) is 5.95 Å². The first-order valence-electron chi connectivity index (χ1n) is 8.63. The van der Waals surface area contributed by atoms with Crippen LogP contribution in [-0.2, 0) is 7.05 Å². The number of nitrogens with one attached hydrogen (secondary N) is 2. The van der Waals surface area contributed by atoms with E-state index in [0.717, 1.165) is 0 Å². The molecule has 0 saturated heterocycles. The van der Waals surface area contributed by atoms with Gasteiger partial charge in [-0.2, -0.15) is 0 Å². The molecule has 0 bridgehead atoms. The molecule has 0 spiro atoms. The maximum atomic E-state index is 14.1. The van der Waals surface area contributed by atoms with E-state index in [0.29, 0.717) is 28.1 Å². The second-order valence-electron chi connectivity index (χ2n) is 6.35. The Morgan fingerprint density at radius 2 is 1.97 bits per heavy atom. The van der Waals surface area contributed by atoms with Crippen LogP contribution >= 0.6 is 11.6 Å². The number of anilines is 3. The van der Waals surface area contributed by atoms with Crippen LogP contribution in [0.25, 0.3) is 11.0 Å². The number of amides is 1. The number of fused-ring (bicyclic) bond motifs is 1. The number of benzene rings is 2. The minimum atomic E-state index is -0.494. The lowest BCUT2D eigenvalue weighted by molar-refractivity contribution is 0.102. The molecule has 0 saturated carbocycles. The van der Waals surface area contributed by atoms with Crippen LogP contribution in [-0.4, -0.2) is 28.3 Å². The van der Waals surface area contributed by atoms with Gasteiger partial charge >= 0.3 is 0 Å². The molecular formula is C20H14BClFN5O. The van der Waals surface area contributed by atoms with Crippen molar-refractivity contribution >= 4 is 59.2 Å². The molecule has 2 aromatic heterocycles. The zero-order valence-corrected chi connectivity index (χ0v) is 16.0. The van der Waals surface area contributed by atoms with E-state index in [-0.39, 0.29) is 22.3 Å². The van der Waals surface area contributed by atoms with Crippen molar-refractivity contribution < 1.29 is 9.18 Å². The summed E-state index contributed by atoms with van der Waals surface area (Å²) in [6.45, 7) is 0. The lowest BCUT2D eigenvalue weighted by Crippen LogP contribution is -2.14. The van der Waals surface area contributed by atoms with Gasteiger partial charge in [0, 0.05) is 12.7 Å². The third-order valence-electron chi connectivity index (χ3n) is 4.37. The number of pyridine rings is 1. The van der Waals surface area contributed by atoms with Gasteiger partial charge in [-0.3, -0.25) is 4.79 Å². The number of para-hydroxylation sites is 1. The first-order valence-corrected chi connectivity index (χ1v) is 9.00. The molecule has 9 heteroatoms. The smallest absolute Gasteiger partial charge is 0.274 e. The van der Waals surface area contributed by atoms with Gasteiger partial charge < -0.3 is 15.2 Å². The largest absolute Gasteiger partial charge is 0.322 e. The van der Waals surface area contributed by atoms with Crippen LogP contribution in [0.4, 0.5) is 21.7 Å². The summed E-state index contributed by atoms with van der Waals surface area (Å²) in [7, 11) is 7.40. The predicted octanol–water partition coefficient (Wildman–Crippen LogP) is 3.55. The Hall–Kier alpha value is -3.39. The van der Waals surface area contributed by atoms with E-state index in [1.165, 1.54) is 18.3 Å². The monoisotopic (exact) mass is 405 g/mol. The Balaban J connectivity index is 1.63. The average Bonchev–Trinajstić information content (AvgIpc) is 3.01. The van der Waals surface area contributed by atoms with E-state index in [2.05, 4.69) is 20.6 Å². The Kier molecular flexibility index (Phi) is 4.94. The van der Waals surface area contributed by atoms with Crippen molar-refractivity contribution in [2.75, 3.05) is 10.6 Å².